The van der Waals surface area contributed by atoms with E-state index < -0.39 is 10.0 Å². The Bertz CT molecular complexity index is 921. The minimum atomic E-state index is -3.50. The Morgan fingerprint density at radius 3 is 2.33 bits per heavy atom. The fourth-order valence-corrected chi connectivity index (χ4v) is 4.94. The monoisotopic (exact) mass is 430 g/mol. The molecule has 6 nitrogen and oxygen atoms in total. The van der Waals surface area contributed by atoms with Crippen LogP contribution in [-0.4, -0.2) is 56.8 Å². The van der Waals surface area contributed by atoms with E-state index in [-0.39, 0.29) is 10.8 Å². The van der Waals surface area contributed by atoms with Crippen LogP contribution in [0.25, 0.3) is 0 Å². The van der Waals surface area contributed by atoms with Gasteiger partial charge in [0, 0.05) is 32.2 Å². The third-order valence-electron chi connectivity index (χ3n) is 5.48. The van der Waals surface area contributed by atoms with Crippen molar-refractivity contribution in [1.29, 1.82) is 0 Å². The molecule has 1 aliphatic heterocycles. The molecule has 1 saturated heterocycles. The van der Waals surface area contributed by atoms with Crippen molar-refractivity contribution in [3.63, 3.8) is 0 Å². The van der Waals surface area contributed by atoms with Gasteiger partial charge in [0.25, 0.3) is 5.91 Å². The number of benzene rings is 2. The maximum atomic E-state index is 12.8. The topological polar surface area (TPSA) is 66.9 Å². The van der Waals surface area contributed by atoms with E-state index in [1.165, 1.54) is 12.1 Å². The van der Waals surface area contributed by atoms with Gasteiger partial charge in [0.1, 0.15) is 5.75 Å². The van der Waals surface area contributed by atoms with E-state index in [1.807, 2.05) is 30.3 Å². The molecular formula is C23H30N2O4S. The molecule has 0 atom stereocenters. The number of rotatable bonds is 8. The normalized spacial score (nSPS) is 15.7. The van der Waals surface area contributed by atoms with Crippen molar-refractivity contribution in [1.82, 2.24) is 9.21 Å². The Hall–Kier alpha value is -2.38. The Morgan fingerprint density at radius 1 is 1.07 bits per heavy atom. The van der Waals surface area contributed by atoms with Gasteiger partial charge in [-0.2, -0.15) is 4.31 Å². The van der Waals surface area contributed by atoms with Crippen LogP contribution in [0.3, 0.4) is 0 Å². The molecule has 1 aliphatic rings. The zero-order chi connectivity index (χ0) is 21.6. The van der Waals surface area contributed by atoms with Crippen LogP contribution in [0.5, 0.6) is 5.75 Å². The van der Waals surface area contributed by atoms with Crippen LogP contribution in [-0.2, 0) is 10.0 Å². The quantitative estimate of drug-likeness (QED) is 0.600. The zero-order valence-electron chi connectivity index (χ0n) is 17.7. The van der Waals surface area contributed by atoms with Crippen LogP contribution in [0.4, 0.5) is 0 Å². The SMILES string of the molecule is CC1CCN(S(=O)(=O)c2ccc(C(=O)N(C)CCCOc3ccccc3)cc2)CC1. The molecule has 0 saturated carbocycles. The molecule has 0 spiro atoms. The van der Waals surface area contributed by atoms with Gasteiger partial charge in [-0.3, -0.25) is 4.79 Å². The zero-order valence-corrected chi connectivity index (χ0v) is 18.5. The Kier molecular flexibility index (Phi) is 7.50. The summed E-state index contributed by atoms with van der Waals surface area (Å²) in [5.74, 6) is 1.24. The van der Waals surface area contributed by atoms with E-state index in [2.05, 4.69) is 6.92 Å². The Balaban J connectivity index is 1.52. The predicted molar refractivity (Wildman–Crippen MR) is 117 cm³/mol. The van der Waals surface area contributed by atoms with Gasteiger partial charge in [-0.1, -0.05) is 25.1 Å². The van der Waals surface area contributed by atoms with Crippen LogP contribution in [0.15, 0.2) is 59.5 Å². The molecule has 1 heterocycles. The smallest absolute Gasteiger partial charge is 0.253 e. The number of hydrogen-bond acceptors (Lipinski definition) is 4. The van der Waals surface area contributed by atoms with Gasteiger partial charge in [0.15, 0.2) is 0 Å². The van der Waals surface area contributed by atoms with E-state index in [9.17, 15) is 13.2 Å². The first-order valence-electron chi connectivity index (χ1n) is 10.4. The number of piperidine rings is 1. The molecular weight excluding hydrogens is 400 g/mol. The van der Waals surface area contributed by atoms with Crippen LogP contribution in [0.1, 0.15) is 36.5 Å². The van der Waals surface area contributed by atoms with Crippen molar-refractivity contribution in [2.75, 3.05) is 33.3 Å². The van der Waals surface area contributed by atoms with E-state index in [4.69, 9.17) is 4.74 Å². The molecule has 1 fully saturated rings. The maximum Gasteiger partial charge on any atom is 0.253 e. The second-order valence-electron chi connectivity index (χ2n) is 7.85. The van der Waals surface area contributed by atoms with Gasteiger partial charge < -0.3 is 9.64 Å². The summed E-state index contributed by atoms with van der Waals surface area (Å²) in [6, 6.07) is 15.8. The van der Waals surface area contributed by atoms with Gasteiger partial charge in [0.05, 0.1) is 11.5 Å². The minimum Gasteiger partial charge on any atom is -0.494 e. The number of hydrogen-bond donors (Lipinski definition) is 0. The highest BCUT2D eigenvalue weighted by molar-refractivity contribution is 7.89. The molecule has 30 heavy (non-hydrogen) atoms. The van der Waals surface area contributed by atoms with Crippen LogP contribution in [0.2, 0.25) is 0 Å². The second kappa shape index (κ2) is 10.1. The highest BCUT2D eigenvalue weighted by Gasteiger charge is 2.28. The number of sulfonamides is 1. The van der Waals surface area contributed by atoms with Crippen molar-refractivity contribution in [3.05, 3.63) is 60.2 Å². The summed E-state index contributed by atoms with van der Waals surface area (Å²) in [6.45, 7) is 4.33. The third-order valence-corrected chi connectivity index (χ3v) is 7.39. The standard InChI is InChI=1S/C23H30N2O4S/c1-19-13-16-25(17-14-19)30(27,28)22-11-9-20(10-12-22)23(26)24(2)15-6-18-29-21-7-4-3-5-8-21/h3-5,7-12,19H,6,13-18H2,1-2H3. The maximum absolute atomic E-state index is 12.8. The highest BCUT2D eigenvalue weighted by atomic mass is 32.2. The predicted octanol–water partition coefficient (Wildman–Crippen LogP) is 3.65. The number of nitrogens with zero attached hydrogens (tertiary/aromatic N) is 2. The second-order valence-corrected chi connectivity index (χ2v) is 9.79. The number of amides is 1. The van der Waals surface area contributed by atoms with Gasteiger partial charge in [-0.25, -0.2) is 8.42 Å². The molecule has 0 N–H and O–H groups in total. The third kappa shape index (κ3) is 5.61. The molecule has 0 radical (unpaired) electrons. The fourth-order valence-electron chi connectivity index (χ4n) is 3.47. The van der Waals surface area contributed by atoms with Crippen LogP contribution >= 0.6 is 0 Å². The van der Waals surface area contributed by atoms with E-state index >= 15 is 0 Å². The largest absolute Gasteiger partial charge is 0.494 e. The summed E-state index contributed by atoms with van der Waals surface area (Å²) in [5.41, 5.74) is 0.479. The average molecular weight is 431 g/mol. The number of ether oxygens (including phenoxy) is 1. The van der Waals surface area contributed by atoms with E-state index in [0.29, 0.717) is 44.1 Å². The molecule has 0 unspecified atom stereocenters. The van der Waals surface area contributed by atoms with Gasteiger partial charge >= 0.3 is 0 Å². The lowest BCUT2D eigenvalue weighted by Gasteiger charge is -2.29. The fraction of sp³-hybridized carbons (Fsp3) is 0.435. The summed E-state index contributed by atoms with van der Waals surface area (Å²) >= 11 is 0. The molecule has 0 bridgehead atoms. The lowest BCUT2D eigenvalue weighted by molar-refractivity contribution is 0.0787. The summed E-state index contributed by atoms with van der Waals surface area (Å²) in [7, 11) is -1.76. The molecule has 0 aromatic heterocycles. The molecule has 7 heteroatoms. The molecule has 2 aromatic rings. The molecule has 162 valence electrons. The van der Waals surface area contributed by atoms with Gasteiger partial charge in [-0.15, -0.1) is 0 Å². The highest BCUT2D eigenvalue weighted by Crippen LogP contribution is 2.23. The summed E-state index contributed by atoms with van der Waals surface area (Å²) < 4.78 is 32.8. The van der Waals surface area contributed by atoms with Crippen molar-refractivity contribution in [2.45, 2.75) is 31.1 Å². The number of para-hydroxylation sites is 1. The molecule has 0 aliphatic carbocycles. The number of carbonyl (C=O) groups excluding carboxylic acids is 1. The molecule has 3 rings (SSSR count). The number of carbonyl (C=O) groups is 1. The van der Waals surface area contributed by atoms with Gasteiger partial charge in [0.2, 0.25) is 10.0 Å². The van der Waals surface area contributed by atoms with Crippen molar-refractivity contribution >= 4 is 15.9 Å². The average Bonchev–Trinajstić information content (AvgIpc) is 2.77. The molecule has 1 amide bonds. The van der Waals surface area contributed by atoms with Crippen molar-refractivity contribution in [3.8, 4) is 5.75 Å². The Morgan fingerprint density at radius 2 is 1.70 bits per heavy atom. The van der Waals surface area contributed by atoms with E-state index in [1.54, 1.807) is 28.4 Å². The van der Waals surface area contributed by atoms with Crippen molar-refractivity contribution in [2.24, 2.45) is 5.92 Å². The first-order chi connectivity index (χ1) is 14.4. The lowest BCUT2D eigenvalue weighted by Crippen LogP contribution is -2.37. The first kappa shape index (κ1) is 22.3. The van der Waals surface area contributed by atoms with E-state index in [0.717, 1.165) is 18.6 Å². The minimum absolute atomic E-state index is 0.134. The summed E-state index contributed by atoms with van der Waals surface area (Å²) in [5, 5.41) is 0. The van der Waals surface area contributed by atoms with Gasteiger partial charge in [-0.05, 0) is 61.6 Å². The summed E-state index contributed by atoms with van der Waals surface area (Å²) in [4.78, 5) is 14.5. The van der Waals surface area contributed by atoms with Crippen LogP contribution < -0.4 is 4.74 Å². The summed E-state index contributed by atoms with van der Waals surface area (Å²) in [6.07, 6.45) is 2.47. The molecule has 2 aromatic carbocycles. The van der Waals surface area contributed by atoms with Crippen molar-refractivity contribution < 1.29 is 17.9 Å². The van der Waals surface area contributed by atoms with Crippen LogP contribution in [0, 0.1) is 5.92 Å². The Labute approximate surface area is 179 Å². The first-order valence-corrected chi connectivity index (χ1v) is 11.9. The lowest BCUT2D eigenvalue weighted by atomic mass is 10.0.